The molecule has 8 heteroatoms. The highest BCUT2D eigenvalue weighted by Gasteiger charge is 2.36. The van der Waals surface area contributed by atoms with Crippen LogP contribution in [-0.4, -0.2) is 39.0 Å². The molecule has 2 aliphatic heterocycles. The number of hydrogen-bond donors (Lipinski definition) is 2. The van der Waals surface area contributed by atoms with Crippen molar-refractivity contribution < 1.29 is 23.0 Å². The summed E-state index contributed by atoms with van der Waals surface area (Å²) >= 11 is 1.59. The van der Waals surface area contributed by atoms with Crippen molar-refractivity contribution >= 4 is 21.8 Å². The number of rotatable bonds is 4. The number of sulfonamides is 1. The maximum absolute atomic E-state index is 12.7. The van der Waals surface area contributed by atoms with Gasteiger partial charge in [0.15, 0.2) is 11.5 Å². The molecule has 4 rings (SSSR count). The quantitative estimate of drug-likeness (QED) is 0.825. The van der Waals surface area contributed by atoms with E-state index in [9.17, 15) is 13.5 Å². The molecule has 0 amide bonds. The topological polar surface area (TPSA) is 84.9 Å². The largest absolute Gasteiger partial charge is 0.486 e. The standard InChI is InChI=1S/C18H19NO5S2/c20-18(12-25-10-13-3-1-2-4-15(13)18)11-19-26(21,22)14-5-6-16-17(9-14)24-8-7-23-16/h1-6,9,19-20H,7-8,10-12H2. The summed E-state index contributed by atoms with van der Waals surface area (Å²) in [7, 11) is -3.79. The van der Waals surface area contributed by atoms with Gasteiger partial charge < -0.3 is 14.6 Å². The lowest BCUT2D eigenvalue weighted by Gasteiger charge is -2.34. The molecule has 2 aliphatic rings. The maximum Gasteiger partial charge on any atom is 0.240 e. The summed E-state index contributed by atoms with van der Waals surface area (Å²) in [6.07, 6.45) is 0. The first-order valence-electron chi connectivity index (χ1n) is 8.26. The molecule has 0 spiro atoms. The molecular formula is C18H19NO5S2. The van der Waals surface area contributed by atoms with E-state index in [0.29, 0.717) is 30.5 Å². The fourth-order valence-corrected chi connectivity index (χ4v) is 5.42. The van der Waals surface area contributed by atoms with Gasteiger partial charge >= 0.3 is 0 Å². The number of aliphatic hydroxyl groups is 1. The second kappa shape index (κ2) is 6.77. The van der Waals surface area contributed by atoms with Crippen LogP contribution in [0.25, 0.3) is 0 Å². The van der Waals surface area contributed by atoms with Gasteiger partial charge in [-0.2, -0.15) is 11.8 Å². The molecule has 1 atom stereocenters. The smallest absolute Gasteiger partial charge is 0.240 e. The molecule has 0 fully saturated rings. The van der Waals surface area contributed by atoms with Crippen LogP contribution in [0.15, 0.2) is 47.4 Å². The van der Waals surface area contributed by atoms with Gasteiger partial charge in [0, 0.05) is 24.1 Å². The van der Waals surface area contributed by atoms with Crippen LogP contribution >= 0.6 is 11.8 Å². The average Bonchev–Trinajstić information content (AvgIpc) is 2.67. The number of ether oxygens (including phenoxy) is 2. The van der Waals surface area contributed by atoms with Gasteiger partial charge in [-0.05, 0) is 23.3 Å². The summed E-state index contributed by atoms with van der Waals surface area (Å²) in [5.41, 5.74) is 0.578. The minimum Gasteiger partial charge on any atom is -0.486 e. The highest BCUT2D eigenvalue weighted by molar-refractivity contribution is 7.98. The highest BCUT2D eigenvalue weighted by Crippen LogP contribution is 2.36. The van der Waals surface area contributed by atoms with Crippen LogP contribution in [0.3, 0.4) is 0 Å². The molecule has 0 radical (unpaired) electrons. The maximum atomic E-state index is 12.7. The van der Waals surface area contributed by atoms with E-state index < -0.39 is 15.6 Å². The first-order valence-corrected chi connectivity index (χ1v) is 10.9. The molecule has 0 aromatic heterocycles. The van der Waals surface area contributed by atoms with E-state index in [-0.39, 0.29) is 11.4 Å². The summed E-state index contributed by atoms with van der Waals surface area (Å²) < 4.78 is 38.8. The molecule has 2 N–H and O–H groups in total. The van der Waals surface area contributed by atoms with Gasteiger partial charge in [0.25, 0.3) is 0 Å². The van der Waals surface area contributed by atoms with Gasteiger partial charge in [0.2, 0.25) is 10.0 Å². The highest BCUT2D eigenvalue weighted by atomic mass is 32.2. The van der Waals surface area contributed by atoms with E-state index in [1.54, 1.807) is 17.8 Å². The van der Waals surface area contributed by atoms with Gasteiger partial charge in [-0.1, -0.05) is 24.3 Å². The Morgan fingerprint density at radius 1 is 1.12 bits per heavy atom. The Labute approximate surface area is 156 Å². The Bertz CT molecular complexity index is 931. The Kier molecular flexibility index (Phi) is 4.60. The molecule has 2 aromatic rings. The van der Waals surface area contributed by atoms with Crippen molar-refractivity contribution in [3.8, 4) is 11.5 Å². The van der Waals surface area contributed by atoms with Gasteiger partial charge in [-0.15, -0.1) is 0 Å². The number of nitrogens with one attached hydrogen (secondary N) is 1. The van der Waals surface area contributed by atoms with Crippen LogP contribution in [0.2, 0.25) is 0 Å². The third kappa shape index (κ3) is 3.29. The van der Waals surface area contributed by atoms with Crippen LogP contribution < -0.4 is 14.2 Å². The molecule has 0 aliphatic carbocycles. The minimum absolute atomic E-state index is 0.0853. The zero-order valence-electron chi connectivity index (χ0n) is 14.0. The summed E-state index contributed by atoms with van der Waals surface area (Å²) in [5.74, 6) is 2.20. The van der Waals surface area contributed by atoms with Crippen LogP contribution in [0.5, 0.6) is 11.5 Å². The zero-order chi connectivity index (χ0) is 18.2. The molecule has 0 saturated carbocycles. The Hall–Kier alpha value is -1.74. The van der Waals surface area contributed by atoms with E-state index in [4.69, 9.17) is 9.47 Å². The predicted molar refractivity (Wildman–Crippen MR) is 99.1 cm³/mol. The second-order valence-electron chi connectivity index (χ2n) is 6.31. The van der Waals surface area contributed by atoms with Crippen LogP contribution in [0, 0.1) is 0 Å². The van der Waals surface area contributed by atoms with E-state index in [1.165, 1.54) is 12.1 Å². The van der Waals surface area contributed by atoms with Crippen molar-refractivity contribution in [2.24, 2.45) is 0 Å². The first kappa shape index (κ1) is 17.7. The summed E-state index contributed by atoms with van der Waals surface area (Å²) in [6.45, 7) is 0.743. The molecule has 0 bridgehead atoms. The van der Waals surface area contributed by atoms with E-state index in [0.717, 1.165) is 16.9 Å². The Morgan fingerprint density at radius 2 is 1.88 bits per heavy atom. The van der Waals surface area contributed by atoms with Crippen molar-refractivity contribution in [1.29, 1.82) is 0 Å². The first-order chi connectivity index (χ1) is 12.5. The molecule has 6 nitrogen and oxygen atoms in total. The molecule has 1 unspecified atom stereocenters. The summed E-state index contributed by atoms with van der Waals surface area (Å²) in [4.78, 5) is 0.0853. The summed E-state index contributed by atoms with van der Waals surface area (Å²) in [6, 6.07) is 12.1. The minimum atomic E-state index is -3.79. The van der Waals surface area contributed by atoms with Crippen LogP contribution in [0.1, 0.15) is 11.1 Å². The lowest BCUT2D eigenvalue weighted by molar-refractivity contribution is 0.0659. The number of fused-ring (bicyclic) bond motifs is 2. The lowest BCUT2D eigenvalue weighted by Crippen LogP contribution is -2.44. The average molecular weight is 393 g/mol. The van der Waals surface area contributed by atoms with Crippen molar-refractivity contribution in [1.82, 2.24) is 4.72 Å². The summed E-state index contributed by atoms with van der Waals surface area (Å²) in [5, 5.41) is 11.0. The van der Waals surface area contributed by atoms with Gasteiger partial charge in [-0.3, -0.25) is 0 Å². The second-order valence-corrected chi connectivity index (χ2v) is 9.06. The number of benzene rings is 2. The van der Waals surface area contributed by atoms with Gasteiger partial charge in [0.05, 0.1) is 4.90 Å². The van der Waals surface area contributed by atoms with E-state index >= 15 is 0 Å². The van der Waals surface area contributed by atoms with Gasteiger partial charge in [-0.25, -0.2) is 13.1 Å². The predicted octanol–water partition coefficient (Wildman–Crippen LogP) is 1.87. The molecule has 2 heterocycles. The zero-order valence-corrected chi connectivity index (χ0v) is 15.6. The monoisotopic (exact) mass is 393 g/mol. The number of thioether (sulfide) groups is 1. The van der Waals surface area contributed by atoms with Gasteiger partial charge in [0.1, 0.15) is 18.8 Å². The third-order valence-corrected chi connectivity index (χ3v) is 7.09. The Balaban J connectivity index is 1.56. The third-order valence-electron chi connectivity index (χ3n) is 4.50. The van der Waals surface area contributed by atoms with Crippen LogP contribution in [0.4, 0.5) is 0 Å². The lowest BCUT2D eigenvalue weighted by atomic mass is 9.91. The van der Waals surface area contributed by atoms with Crippen molar-refractivity contribution in [2.45, 2.75) is 16.2 Å². The molecule has 2 aromatic carbocycles. The normalized spacial score (nSPS) is 21.9. The molecule has 0 saturated heterocycles. The van der Waals surface area contributed by atoms with E-state index in [2.05, 4.69) is 4.72 Å². The molecular weight excluding hydrogens is 374 g/mol. The molecule has 138 valence electrons. The fourth-order valence-electron chi connectivity index (χ4n) is 3.14. The van der Waals surface area contributed by atoms with E-state index in [1.807, 2.05) is 24.3 Å². The fraction of sp³-hybridized carbons (Fsp3) is 0.333. The molecule has 26 heavy (non-hydrogen) atoms. The SMILES string of the molecule is O=S(=O)(NCC1(O)CSCc2ccccc21)c1ccc2c(c1)OCCO2. The number of hydrogen-bond acceptors (Lipinski definition) is 6. The Morgan fingerprint density at radius 3 is 2.73 bits per heavy atom. The van der Waals surface area contributed by atoms with Crippen molar-refractivity contribution in [2.75, 3.05) is 25.5 Å². The van der Waals surface area contributed by atoms with Crippen molar-refractivity contribution in [3.05, 3.63) is 53.6 Å². The van der Waals surface area contributed by atoms with Crippen molar-refractivity contribution in [3.63, 3.8) is 0 Å². The van der Waals surface area contributed by atoms with Crippen LogP contribution in [-0.2, 0) is 21.4 Å².